The zero-order valence-electron chi connectivity index (χ0n) is 38.0. The Morgan fingerprint density at radius 1 is 0.877 bits per heavy atom. The fourth-order valence-corrected chi connectivity index (χ4v) is 10.3. The molecule has 340 valence electrons. The molecule has 3 saturated heterocycles. The monoisotopic (exact) mass is 882 g/mol. The van der Waals surface area contributed by atoms with Crippen molar-refractivity contribution in [3.8, 4) is 5.88 Å². The smallest absolute Gasteiger partial charge is 0.415 e. The van der Waals surface area contributed by atoms with E-state index in [2.05, 4.69) is 65.6 Å². The number of urea groups is 1. The molecule has 4 amide bonds. The minimum absolute atomic E-state index is 0.250. The molecule has 0 aliphatic carbocycles. The molecule has 0 unspecified atom stereocenters. The molecule has 5 aliphatic rings. The zero-order chi connectivity index (χ0) is 45.0. The van der Waals surface area contributed by atoms with E-state index in [1.807, 2.05) is 64.0 Å². The molecule has 3 aromatic heterocycles. The summed E-state index contributed by atoms with van der Waals surface area (Å²) in [5, 5.41) is 11.5. The van der Waals surface area contributed by atoms with Crippen molar-refractivity contribution < 1.29 is 23.9 Å². The molecule has 0 saturated carbocycles. The van der Waals surface area contributed by atoms with Gasteiger partial charge in [0.2, 0.25) is 17.7 Å². The Kier molecular flexibility index (Phi) is 11.2. The van der Waals surface area contributed by atoms with E-state index in [0.29, 0.717) is 61.5 Å². The number of likely N-dealkylation sites (tertiary alicyclic amines) is 1. The maximum absolute atomic E-state index is 13.2. The van der Waals surface area contributed by atoms with Crippen molar-refractivity contribution in [2.24, 2.45) is 7.05 Å². The van der Waals surface area contributed by atoms with Gasteiger partial charge in [-0.05, 0) is 114 Å². The van der Waals surface area contributed by atoms with Gasteiger partial charge in [-0.3, -0.25) is 24.6 Å². The maximum Gasteiger partial charge on any atom is 0.415 e. The van der Waals surface area contributed by atoms with Crippen LogP contribution in [0.25, 0.3) is 10.9 Å². The maximum atomic E-state index is 13.2. The first kappa shape index (κ1) is 42.5. The van der Waals surface area contributed by atoms with Crippen LogP contribution in [0.3, 0.4) is 0 Å². The number of amides is 4. The second-order valence-corrected chi connectivity index (χ2v) is 18.9. The molecule has 0 radical (unpaired) electrons. The topological polar surface area (TPSA) is 166 Å². The molecule has 5 aromatic rings. The molecule has 3 fully saturated rings. The van der Waals surface area contributed by atoms with Crippen molar-refractivity contribution in [3.63, 3.8) is 0 Å². The first-order valence-corrected chi connectivity index (χ1v) is 23.0. The molecule has 0 spiro atoms. The molecule has 2 N–H and O–H groups in total. The van der Waals surface area contributed by atoms with Crippen LogP contribution in [0.5, 0.6) is 5.88 Å². The minimum atomic E-state index is -0.617. The predicted octanol–water partition coefficient (Wildman–Crippen LogP) is 6.80. The molecule has 0 atom stereocenters. The molecule has 2 aromatic carbocycles. The number of hydrogen-bond acceptors (Lipinski definition) is 13. The molecule has 5 aliphatic heterocycles. The number of imide groups is 1. The summed E-state index contributed by atoms with van der Waals surface area (Å²) in [6.45, 7) is 14.2. The van der Waals surface area contributed by atoms with Gasteiger partial charge in [-0.2, -0.15) is 5.10 Å². The highest BCUT2D eigenvalue weighted by atomic mass is 16.6. The number of nitrogens with zero attached hydrogens (tertiary/aromatic N) is 10. The van der Waals surface area contributed by atoms with Crippen molar-refractivity contribution in [3.05, 3.63) is 77.2 Å². The lowest BCUT2D eigenvalue weighted by Gasteiger charge is -2.42. The van der Waals surface area contributed by atoms with Crippen LogP contribution in [-0.4, -0.2) is 112 Å². The van der Waals surface area contributed by atoms with Crippen LogP contribution in [-0.2, 0) is 29.5 Å². The fraction of sp³-hybridized carbons (Fsp3) is 0.479. The summed E-state index contributed by atoms with van der Waals surface area (Å²) in [6, 6.07) is 15.1. The second kappa shape index (κ2) is 17.1. The van der Waals surface area contributed by atoms with Crippen LogP contribution >= 0.6 is 0 Å². The minimum Gasteiger partial charge on any atom is -0.474 e. The van der Waals surface area contributed by atoms with Crippen molar-refractivity contribution in [1.82, 2.24) is 34.9 Å². The number of para-hydroxylation sites is 1. The van der Waals surface area contributed by atoms with Crippen LogP contribution in [0.2, 0.25) is 0 Å². The number of nitrogens with one attached hydrogen (secondary N) is 2. The van der Waals surface area contributed by atoms with E-state index in [9.17, 15) is 14.4 Å². The van der Waals surface area contributed by atoms with Gasteiger partial charge in [-0.25, -0.2) is 24.5 Å². The van der Waals surface area contributed by atoms with Crippen molar-refractivity contribution in [1.29, 1.82) is 0 Å². The number of carbonyl (C=O) groups is 3. The quantitative estimate of drug-likeness (QED) is 0.175. The third-order valence-electron chi connectivity index (χ3n) is 13.6. The summed E-state index contributed by atoms with van der Waals surface area (Å²) in [7, 11) is 1.93. The summed E-state index contributed by atoms with van der Waals surface area (Å²) in [5.74, 6) is 1.88. The standard InChI is InChI=1S/C48H58N12O5/c1-30-39(28-49-44-41(30)59(25-26-64-44)47(63)65-48(2,3)4)58-21-15-33-27-50-45(52-37(33)29-58)51-34-11-9-31(10-12-34)32-13-19-56(20-14-32)35-16-22-57(23-17-35)38-8-6-7-36-42(38)55(5)54-43(36)60-24-18-40(61)53-46(60)62/h6-12,27-28,32,35H,13-26,29H2,1-5H3,(H,50,51,52)(H,53,61,62). The summed E-state index contributed by atoms with van der Waals surface area (Å²) < 4.78 is 13.5. The lowest BCUT2D eigenvalue weighted by Crippen LogP contribution is -2.49. The third kappa shape index (κ3) is 8.49. The Bertz CT molecular complexity index is 2630. The first-order chi connectivity index (χ1) is 31.4. The first-order valence-electron chi connectivity index (χ1n) is 23.0. The summed E-state index contributed by atoms with van der Waals surface area (Å²) in [4.78, 5) is 62.6. The van der Waals surface area contributed by atoms with E-state index in [4.69, 9.17) is 19.6 Å². The van der Waals surface area contributed by atoms with Crippen molar-refractivity contribution in [2.45, 2.75) is 90.3 Å². The molecule has 17 nitrogen and oxygen atoms in total. The zero-order valence-corrected chi connectivity index (χ0v) is 38.0. The highest BCUT2D eigenvalue weighted by Crippen LogP contribution is 2.41. The Balaban J connectivity index is 0.732. The number of benzene rings is 2. The molecule has 0 bridgehead atoms. The van der Waals surface area contributed by atoms with Gasteiger partial charge < -0.3 is 29.5 Å². The van der Waals surface area contributed by atoms with Crippen LogP contribution in [0.4, 0.5) is 44.1 Å². The number of rotatable bonds is 7. The number of carbonyl (C=O) groups excluding carboxylic acids is 3. The van der Waals surface area contributed by atoms with Crippen LogP contribution < -0.4 is 35.0 Å². The summed E-state index contributed by atoms with van der Waals surface area (Å²) in [6.07, 6.45) is 8.89. The number of aryl methyl sites for hydroxylation is 1. The summed E-state index contributed by atoms with van der Waals surface area (Å²) in [5.41, 5.74) is 8.46. The van der Waals surface area contributed by atoms with Crippen LogP contribution in [0.1, 0.15) is 81.2 Å². The number of fused-ring (bicyclic) bond motifs is 3. The van der Waals surface area contributed by atoms with Gasteiger partial charge in [0.1, 0.15) is 17.9 Å². The lowest BCUT2D eigenvalue weighted by atomic mass is 9.88. The normalized spacial score (nSPS) is 18.9. The highest BCUT2D eigenvalue weighted by Gasteiger charge is 2.35. The van der Waals surface area contributed by atoms with E-state index in [1.54, 1.807) is 9.80 Å². The third-order valence-corrected chi connectivity index (χ3v) is 13.6. The predicted molar refractivity (Wildman–Crippen MR) is 250 cm³/mol. The number of hydrogen-bond donors (Lipinski definition) is 2. The number of ether oxygens (including phenoxy) is 2. The SMILES string of the molecule is Cc1c(N2CCc3cnc(Nc4ccc(C5CCN(C6CCN(c7cccc8c(N9CCC(=O)NC9=O)nn(C)c78)CC6)CC5)cc4)nc3C2)cnc2c1N(C(=O)OC(C)(C)C)CCO2. The Hall–Kier alpha value is -6.49. The molecule has 65 heavy (non-hydrogen) atoms. The molecule has 8 heterocycles. The number of anilines is 6. The largest absolute Gasteiger partial charge is 0.474 e. The summed E-state index contributed by atoms with van der Waals surface area (Å²) >= 11 is 0. The number of piperidine rings is 2. The molecule has 17 heteroatoms. The van der Waals surface area contributed by atoms with E-state index in [1.165, 1.54) is 5.56 Å². The van der Waals surface area contributed by atoms with Gasteiger partial charge in [0, 0.05) is 68.5 Å². The molecular formula is C48H58N12O5. The van der Waals surface area contributed by atoms with Crippen LogP contribution in [0.15, 0.2) is 54.9 Å². The Labute approximate surface area is 379 Å². The van der Waals surface area contributed by atoms with Crippen molar-refractivity contribution >= 4 is 63.5 Å². The number of aromatic nitrogens is 5. The van der Waals surface area contributed by atoms with Crippen LogP contribution in [0, 0.1) is 6.92 Å². The number of pyridine rings is 1. The van der Waals surface area contributed by atoms with E-state index in [-0.39, 0.29) is 12.3 Å². The van der Waals surface area contributed by atoms with Gasteiger partial charge >= 0.3 is 12.1 Å². The Morgan fingerprint density at radius 2 is 1.66 bits per heavy atom. The average Bonchev–Trinajstić information content (AvgIpc) is 3.64. The average molecular weight is 883 g/mol. The van der Waals surface area contributed by atoms with E-state index < -0.39 is 17.7 Å². The van der Waals surface area contributed by atoms with Gasteiger partial charge in [0.15, 0.2) is 5.82 Å². The van der Waals surface area contributed by atoms with E-state index >= 15 is 0 Å². The van der Waals surface area contributed by atoms with Gasteiger partial charge in [-0.1, -0.05) is 18.2 Å². The van der Waals surface area contributed by atoms with E-state index in [0.717, 1.165) is 110 Å². The highest BCUT2D eigenvalue weighted by molar-refractivity contribution is 6.10. The van der Waals surface area contributed by atoms with Gasteiger partial charge in [0.25, 0.3) is 0 Å². The molecule has 10 rings (SSSR count). The lowest BCUT2D eigenvalue weighted by molar-refractivity contribution is -0.120. The molecular weight excluding hydrogens is 825 g/mol. The van der Waals surface area contributed by atoms with Gasteiger partial charge in [-0.15, -0.1) is 0 Å². The second-order valence-electron chi connectivity index (χ2n) is 18.9. The van der Waals surface area contributed by atoms with Crippen molar-refractivity contribution in [2.75, 3.05) is 77.3 Å². The fourth-order valence-electron chi connectivity index (χ4n) is 10.3. The van der Waals surface area contributed by atoms with Gasteiger partial charge in [0.05, 0.1) is 41.9 Å². The Morgan fingerprint density at radius 3 is 2.42 bits per heavy atom.